The topological polar surface area (TPSA) is 29.9 Å². The predicted octanol–water partition coefficient (Wildman–Crippen LogP) is 3.13. The van der Waals surface area contributed by atoms with Crippen LogP contribution in [0.15, 0.2) is 28.7 Å². The van der Waals surface area contributed by atoms with Gasteiger partial charge in [0.25, 0.3) is 0 Å². The molecule has 5 heteroatoms. The molecule has 0 aliphatic carbocycles. The summed E-state index contributed by atoms with van der Waals surface area (Å²) in [5.41, 5.74) is 3.20. The second-order valence-electron chi connectivity index (χ2n) is 4.63. The van der Waals surface area contributed by atoms with Gasteiger partial charge in [-0.1, -0.05) is 6.07 Å². The molecule has 0 radical (unpaired) electrons. The van der Waals surface area contributed by atoms with Crippen LogP contribution in [0.5, 0.6) is 0 Å². The third kappa shape index (κ3) is 3.22. The van der Waals surface area contributed by atoms with Crippen LogP contribution >= 0.6 is 15.9 Å². The number of hydrogen-bond donors (Lipinski definition) is 1. The first-order valence-corrected chi connectivity index (χ1v) is 6.92. The van der Waals surface area contributed by atoms with Crippen molar-refractivity contribution >= 4 is 15.9 Å². The first-order chi connectivity index (χ1) is 9.01. The Balaban J connectivity index is 2.23. The zero-order chi connectivity index (χ0) is 14.0. The van der Waals surface area contributed by atoms with Crippen molar-refractivity contribution in [2.24, 2.45) is 7.05 Å². The summed E-state index contributed by atoms with van der Waals surface area (Å²) in [7, 11) is 3.86. The van der Waals surface area contributed by atoms with E-state index >= 15 is 0 Å². The molecule has 0 aliphatic rings. The summed E-state index contributed by atoms with van der Waals surface area (Å²) < 4.78 is 15.6. The molecule has 1 aromatic heterocycles. The van der Waals surface area contributed by atoms with Gasteiger partial charge in [0, 0.05) is 7.05 Å². The minimum absolute atomic E-state index is 0.156. The molecule has 2 aromatic rings. The largest absolute Gasteiger partial charge is 0.311 e. The summed E-state index contributed by atoms with van der Waals surface area (Å²) in [6, 6.07) is 7.35. The summed E-state index contributed by atoms with van der Waals surface area (Å²) in [5, 5.41) is 7.65. The van der Waals surface area contributed by atoms with E-state index in [0.29, 0.717) is 4.47 Å². The van der Waals surface area contributed by atoms with Crippen molar-refractivity contribution in [3.8, 4) is 0 Å². The molecule has 102 valence electrons. The maximum absolute atomic E-state index is 13.2. The van der Waals surface area contributed by atoms with E-state index in [4.69, 9.17) is 0 Å². The van der Waals surface area contributed by atoms with Gasteiger partial charge in [-0.3, -0.25) is 4.68 Å². The lowest BCUT2D eigenvalue weighted by Crippen LogP contribution is -2.21. The molecule has 1 N–H and O–H groups in total. The number of halogens is 2. The number of nitrogens with one attached hydrogen (secondary N) is 1. The quantitative estimate of drug-likeness (QED) is 0.935. The van der Waals surface area contributed by atoms with Gasteiger partial charge in [0.05, 0.1) is 21.9 Å². The number of likely N-dealkylation sites (N-methyl/N-ethyl adjacent to an activating group) is 1. The van der Waals surface area contributed by atoms with E-state index in [1.165, 1.54) is 6.07 Å². The zero-order valence-electron chi connectivity index (χ0n) is 11.2. The molecule has 0 saturated heterocycles. The summed E-state index contributed by atoms with van der Waals surface area (Å²) in [6.45, 7) is 1.98. The lowest BCUT2D eigenvalue weighted by molar-refractivity contribution is 0.536. The molecular weight excluding hydrogens is 309 g/mol. The monoisotopic (exact) mass is 325 g/mol. The molecule has 0 spiro atoms. The lowest BCUT2D eigenvalue weighted by atomic mass is 10.0. The highest BCUT2D eigenvalue weighted by atomic mass is 79.9. The first kappa shape index (κ1) is 14.2. The maximum atomic E-state index is 13.2. The molecule has 0 saturated carbocycles. The molecular formula is C14H17BrFN3. The number of nitrogens with zero attached hydrogens (tertiary/aromatic N) is 2. The Labute approximate surface area is 121 Å². The van der Waals surface area contributed by atoms with Crippen molar-refractivity contribution in [3.63, 3.8) is 0 Å². The Morgan fingerprint density at radius 1 is 1.42 bits per heavy atom. The highest BCUT2D eigenvalue weighted by Crippen LogP contribution is 2.22. The van der Waals surface area contributed by atoms with E-state index < -0.39 is 0 Å². The second kappa shape index (κ2) is 5.84. The number of rotatable bonds is 4. The molecule has 1 heterocycles. The Bertz CT molecular complexity index is 580. The minimum atomic E-state index is -0.235. The normalized spacial score (nSPS) is 12.7. The fraction of sp³-hybridized carbons (Fsp3) is 0.357. The third-order valence-electron chi connectivity index (χ3n) is 3.17. The van der Waals surface area contributed by atoms with Gasteiger partial charge >= 0.3 is 0 Å². The van der Waals surface area contributed by atoms with Crippen LogP contribution in [0.3, 0.4) is 0 Å². The molecule has 0 amide bonds. The molecule has 19 heavy (non-hydrogen) atoms. The lowest BCUT2D eigenvalue weighted by Gasteiger charge is -2.16. The van der Waals surface area contributed by atoms with Crippen LogP contribution in [0.1, 0.15) is 23.0 Å². The summed E-state index contributed by atoms with van der Waals surface area (Å²) in [6.07, 6.45) is 0.786. The molecule has 1 atom stereocenters. The van der Waals surface area contributed by atoms with E-state index in [0.717, 1.165) is 23.4 Å². The van der Waals surface area contributed by atoms with Crippen LogP contribution in [0.4, 0.5) is 4.39 Å². The molecule has 2 rings (SSSR count). The molecule has 0 bridgehead atoms. The van der Waals surface area contributed by atoms with Crippen molar-refractivity contribution in [2.45, 2.75) is 19.4 Å². The standard InChI is InChI=1S/C14H17BrFN3/c1-9-6-14(19(3)18-9)13(17-2)8-10-4-5-12(16)11(15)7-10/h4-7,13,17H,8H2,1-3H3. The van der Waals surface area contributed by atoms with E-state index in [1.54, 1.807) is 0 Å². The van der Waals surface area contributed by atoms with Crippen molar-refractivity contribution in [1.29, 1.82) is 0 Å². The molecule has 1 unspecified atom stereocenters. The minimum Gasteiger partial charge on any atom is -0.311 e. The van der Waals surface area contributed by atoms with Crippen molar-refractivity contribution in [2.75, 3.05) is 7.05 Å². The van der Waals surface area contributed by atoms with Gasteiger partial charge in [-0.15, -0.1) is 0 Å². The maximum Gasteiger partial charge on any atom is 0.137 e. The van der Waals surface area contributed by atoms with Crippen LogP contribution in [-0.2, 0) is 13.5 Å². The van der Waals surface area contributed by atoms with Crippen molar-refractivity contribution in [3.05, 3.63) is 51.5 Å². The van der Waals surface area contributed by atoms with Crippen molar-refractivity contribution in [1.82, 2.24) is 15.1 Å². The molecule has 0 fully saturated rings. The van der Waals surface area contributed by atoms with E-state index in [9.17, 15) is 4.39 Å². The van der Waals surface area contributed by atoms with Crippen LogP contribution in [0.2, 0.25) is 0 Å². The average molecular weight is 326 g/mol. The number of aryl methyl sites for hydroxylation is 2. The van der Waals surface area contributed by atoms with Crippen LogP contribution in [-0.4, -0.2) is 16.8 Å². The Morgan fingerprint density at radius 2 is 2.16 bits per heavy atom. The average Bonchev–Trinajstić information content (AvgIpc) is 2.70. The van der Waals surface area contributed by atoms with E-state index in [-0.39, 0.29) is 11.9 Å². The zero-order valence-corrected chi connectivity index (χ0v) is 12.8. The highest BCUT2D eigenvalue weighted by molar-refractivity contribution is 9.10. The Hall–Kier alpha value is -1.20. The third-order valence-corrected chi connectivity index (χ3v) is 3.78. The Kier molecular flexibility index (Phi) is 4.37. The smallest absolute Gasteiger partial charge is 0.137 e. The van der Waals surface area contributed by atoms with Crippen LogP contribution < -0.4 is 5.32 Å². The highest BCUT2D eigenvalue weighted by Gasteiger charge is 2.15. The van der Waals surface area contributed by atoms with Gasteiger partial charge < -0.3 is 5.32 Å². The van der Waals surface area contributed by atoms with Gasteiger partial charge in [-0.25, -0.2) is 4.39 Å². The number of benzene rings is 1. The molecule has 3 nitrogen and oxygen atoms in total. The fourth-order valence-corrected chi connectivity index (χ4v) is 2.64. The van der Waals surface area contributed by atoms with Crippen molar-refractivity contribution < 1.29 is 4.39 Å². The predicted molar refractivity (Wildman–Crippen MR) is 77.5 cm³/mol. The number of aromatic nitrogens is 2. The first-order valence-electron chi connectivity index (χ1n) is 6.13. The van der Waals surface area contributed by atoms with Gasteiger partial charge in [-0.2, -0.15) is 5.10 Å². The van der Waals surface area contributed by atoms with Gasteiger partial charge in [0.15, 0.2) is 0 Å². The summed E-state index contributed by atoms with van der Waals surface area (Å²) in [4.78, 5) is 0. The fourth-order valence-electron chi connectivity index (χ4n) is 2.21. The molecule has 1 aromatic carbocycles. The second-order valence-corrected chi connectivity index (χ2v) is 5.48. The van der Waals surface area contributed by atoms with Crippen LogP contribution in [0.25, 0.3) is 0 Å². The Morgan fingerprint density at radius 3 is 2.68 bits per heavy atom. The van der Waals surface area contributed by atoms with Gasteiger partial charge in [-0.05, 0) is 60.1 Å². The SMILES string of the molecule is CNC(Cc1ccc(F)c(Br)c1)c1cc(C)nn1C. The van der Waals surface area contributed by atoms with Crippen LogP contribution in [0, 0.1) is 12.7 Å². The molecule has 0 aliphatic heterocycles. The summed E-state index contributed by atoms with van der Waals surface area (Å²) in [5.74, 6) is -0.235. The van der Waals surface area contributed by atoms with E-state index in [1.807, 2.05) is 37.8 Å². The van der Waals surface area contributed by atoms with Gasteiger partial charge in [0.1, 0.15) is 5.82 Å². The van der Waals surface area contributed by atoms with E-state index in [2.05, 4.69) is 32.4 Å². The number of hydrogen-bond acceptors (Lipinski definition) is 2. The summed E-state index contributed by atoms with van der Waals surface area (Å²) >= 11 is 3.22. The van der Waals surface area contributed by atoms with Gasteiger partial charge in [0.2, 0.25) is 0 Å².